The average Bonchev–Trinajstić information content (AvgIpc) is 2.55. The molecule has 0 atom stereocenters. The molecule has 2 aromatic carbocycles. The van der Waals surface area contributed by atoms with Gasteiger partial charge in [-0.25, -0.2) is 8.42 Å². The lowest BCUT2D eigenvalue weighted by atomic mass is 10.2. The van der Waals surface area contributed by atoms with Crippen molar-refractivity contribution in [1.29, 1.82) is 0 Å². The first-order valence-corrected chi connectivity index (χ1v) is 10.2. The second-order valence-electron chi connectivity index (χ2n) is 5.93. The van der Waals surface area contributed by atoms with Crippen LogP contribution in [0.25, 0.3) is 0 Å². The zero-order valence-electron chi connectivity index (χ0n) is 15.2. The van der Waals surface area contributed by atoms with Crippen molar-refractivity contribution in [2.75, 3.05) is 29.0 Å². The first-order valence-electron chi connectivity index (χ1n) is 8.36. The summed E-state index contributed by atoms with van der Waals surface area (Å²) < 4.78 is 30.8. The van der Waals surface area contributed by atoms with E-state index in [1.165, 1.54) is 4.31 Å². The predicted octanol–water partition coefficient (Wildman–Crippen LogP) is 3.19. The van der Waals surface area contributed by atoms with E-state index in [1.807, 2.05) is 32.0 Å². The molecule has 0 aliphatic heterocycles. The molecule has 140 valence electrons. The molecule has 0 aliphatic carbocycles. The summed E-state index contributed by atoms with van der Waals surface area (Å²) in [4.78, 5) is 12.2. The van der Waals surface area contributed by atoms with E-state index in [9.17, 15) is 13.2 Å². The number of amides is 1. The van der Waals surface area contributed by atoms with Gasteiger partial charge in [-0.1, -0.05) is 12.1 Å². The first-order chi connectivity index (χ1) is 12.3. The number of hydrogen-bond acceptors (Lipinski definition) is 4. The Bertz CT molecular complexity index is 848. The van der Waals surface area contributed by atoms with Gasteiger partial charge in [0, 0.05) is 18.7 Å². The molecule has 0 heterocycles. The van der Waals surface area contributed by atoms with Crippen molar-refractivity contribution >= 4 is 27.3 Å². The Morgan fingerprint density at radius 3 is 2.42 bits per heavy atom. The van der Waals surface area contributed by atoms with E-state index in [1.54, 1.807) is 30.3 Å². The Labute approximate surface area is 154 Å². The van der Waals surface area contributed by atoms with Gasteiger partial charge in [-0.2, -0.15) is 0 Å². The van der Waals surface area contributed by atoms with Gasteiger partial charge in [-0.15, -0.1) is 0 Å². The van der Waals surface area contributed by atoms with Crippen molar-refractivity contribution < 1.29 is 17.9 Å². The van der Waals surface area contributed by atoms with E-state index in [2.05, 4.69) is 5.32 Å². The Morgan fingerprint density at radius 2 is 1.85 bits per heavy atom. The monoisotopic (exact) mass is 376 g/mol. The zero-order valence-corrected chi connectivity index (χ0v) is 16.0. The average molecular weight is 376 g/mol. The lowest BCUT2D eigenvalue weighted by Crippen LogP contribution is -2.33. The van der Waals surface area contributed by atoms with E-state index in [0.717, 1.165) is 11.8 Å². The number of carbonyl (C=O) groups excluding carboxylic acids is 1. The minimum absolute atomic E-state index is 0.0498. The van der Waals surface area contributed by atoms with Crippen LogP contribution >= 0.6 is 0 Å². The highest BCUT2D eigenvalue weighted by molar-refractivity contribution is 7.92. The van der Waals surface area contributed by atoms with Crippen molar-refractivity contribution in [3.8, 4) is 5.75 Å². The molecule has 2 rings (SSSR count). The molecular weight excluding hydrogens is 352 g/mol. The fourth-order valence-corrected chi connectivity index (χ4v) is 3.44. The number of ether oxygens (including phenoxy) is 1. The molecule has 1 N–H and O–H groups in total. The molecule has 0 fully saturated rings. The molecule has 0 unspecified atom stereocenters. The van der Waals surface area contributed by atoms with E-state index in [-0.39, 0.29) is 18.9 Å². The van der Waals surface area contributed by atoms with Crippen molar-refractivity contribution in [2.24, 2.45) is 0 Å². The van der Waals surface area contributed by atoms with Crippen LogP contribution in [-0.2, 0) is 14.8 Å². The summed E-state index contributed by atoms with van der Waals surface area (Å²) in [5.74, 6) is 0.428. The van der Waals surface area contributed by atoms with Crippen LogP contribution in [0.2, 0.25) is 0 Å². The number of nitrogens with zero attached hydrogens (tertiary/aromatic N) is 1. The molecule has 0 bridgehead atoms. The largest absolute Gasteiger partial charge is 0.494 e. The van der Waals surface area contributed by atoms with Gasteiger partial charge in [0.1, 0.15) is 5.75 Å². The number of rotatable bonds is 8. The van der Waals surface area contributed by atoms with Gasteiger partial charge in [0.15, 0.2) is 0 Å². The molecule has 26 heavy (non-hydrogen) atoms. The van der Waals surface area contributed by atoms with Gasteiger partial charge in [-0.05, 0) is 55.8 Å². The van der Waals surface area contributed by atoms with Crippen LogP contribution in [0.1, 0.15) is 18.9 Å². The molecule has 0 aliphatic rings. The smallest absolute Gasteiger partial charge is 0.232 e. The van der Waals surface area contributed by atoms with E-state index >= 15 is 0 Å². The Morgan fingerprint density at radius 1 is 1.15 bits per heavy atom. The van der Waals surface area contributed by atoms with Crippen molar-refractivity contribution in [3.63, 3.8) is 0 Å². The molecule has 6 nitrogen and oxygen atoms in total. The van der Waals surface area contributed by atoms with Crippen LogP contribution in [0.15, 0.2) is 48.5 Å². The third-order valence-electron chi connectivity index (χ3n) is 3.68. The van der Waals surface area contributed by atoms with Crippen LogP contribution in [0.3, 0.4) is 0 Å². The van der Waals surface area contributed by atoms with E-state index in [0.29, 0.717) is 23.7 Å². The van der Waals surface area contributed by atoms with Crippen LogP contribution in [0.4, 0.5) is 11.4 Å². The van der Waals surface area contributed by atoms with E-state index in [4.69, 9.17) is 4.74 Å². The number of nitrogens with one attached hydrogen (secondary N) is 1. The molecule has 0 saturated heterocycles. The number of sulfonamides is 1. The number of anilines is 2. The van der Waals surface area contributed by atoms with Gasteiger partial charge in [0.2, 0.25) is 15.9 Å². The summed E-state index contributed by atoms with van der Waals surface area (Å²) in [5.41, 5.74) is 2.23. The maximum absolute atomic E-state index is 12.2. The SMILES string of the molecule is CCOc1ccc(N(CCC(=O)Nc2cccc(C)c2)S(C)(=O)=O)cc1. The van der Waals surface area contributed by atoms with Gasteiger partial charge in [0.05, 0.1) is 18.6 Å². The third-order valence-corrected chi connectivity index (χ3v) is 4.87. The third kappa shape index (κ3) is 5.77. The molecule has 0 aromatic heterocycles. The summed E-state index contributed by atoms with van der Waals surface area (Å²) in [6.07, 6.45) is 1.18. The van der Waals surface area contributed by atoms with Crippen LogP contribution < -0.4 is 14.4 Å². The number of carbonyl (C=O) groups is 1. The standard InChI is InChI=1S/C19H24N2O4S/c1-4-25-18-10-8-17(9-11-18)21(26(3,23)24)13-12-19(22)20-16-7-5-6-15(2)14-16/h5-11,14H,4,12-13H2,1-3H3,(H,20,22). The number of aryl methyl sites for hydroxylation is 1. The quantitative estimate of drug-likeness (QED) is 0.768. The first kappa shape index (κ1) is 19.8. The predicted molar refractivity (Wildman–Crippen MR) is 104 cm³/mol. The second kappa shape index (κ2) is 8.71. The molecule has 1 amide bonds. The summed E-state index contributed by atoms with van der Waals surface area (Å²) in [7, 11) is -3.51. The number of benzene rings is 2. The maximum atomic E-state index is 12.2. The van der Waals surface area contributed by atoms with Gasteiger partial charge >= 0.3 is 0 Å². The van der Waals surface area contributed by atoms with Gasteiger partial charge in [0.25, 0.3) is 0 Å². The maximum Gasteiger partial charge on any atom is 0.232 e. The summed E-state index contributed by atoms with van der Waals surface area (Å²) >= 11 is 0. The van der Waals surface area contributed by atoms with E-state index < -0.39 is 10.0 Å². The van der Waals surface area contributed by atoms with Gasteiger partial charge in [-0.3, -0.25) is 9.10 Å². The minimum atomic E-state index is -3.51. The Hall–Kier alpha value is -2.54. The molecule has 2 aromatic rings. The van der Waals surface area contributed by atoms with Crippen molar-refractivity contribution in [3.05, 3.63) is 54.1 Å². The minimum Gasteiger partial charge on any atom is -0.494 e. The Kier molecular flexibility index (Phi) is 6.63. The lowest BCUT2D eigenvalue weighted by molar-refractivity contribution is -0.116. The fraction of sp³-hybridized carbons (Fsp3) is 0.316. The molecule has 7 heteroatoms. The summed E-state index contributed by atoms with van der Waals surface area (Å²) in [6, 6.07) is 14.2. The fourth-order valence-electron chi connectivity index (χ4n) is 2.51. The number of hydrogen-bond donors (Lipinski definition) is 1. The highest BCUT2D eigenvalue weighted by Crippen LogP contribution is 2.22. The van der Waals surface area contributed by atoms with Crippen molar-refractivity contribution in [2.45, 2.75) is 20.3 Å². The van der Waals surface area contributed by atoms with Crippen LogP contribution in [-0.4, -0.2) is 33.7 Å². The molecule has 0 saturated carbocycles. The van der Waals surface area contributed by atoms with Crippen molar-refractivity contribution in [1.82, 2.24) is 0 Å². The highest BCUT2D eigenvalue weighted by atomic mass is 32.2. The van der Waals surface area contributed by atoms with Crippen LogP contribution in [0.5, 0.6) is 5.75 Å². The molecule has 0 spiro atoms. The highest BCUT2D eigenvalue weighted by Gasteiger charge is 2.18. The summed E-state index contributed by atoms with van der Waals surface area (Å²) in [5, 5.41) is 2.79. The second-order valence-corrected chi connectivity index (χ2v) is 7.84. The normalized spacial score (nSPS) is 11.0. The molecule has 0 radical (unpaired) electrons. The zero-order chi connectivity index (χ0) is 19.2. The topological polar surface area (TPSA) is 75.7 Å². The van der Waals surface area contributed by atoms with Crippen LogP contribution in [0, 0.1) is 6.92 Å². The molecular formula is C19H24N2O4S. The van der Waals surface area contributed by atoms with Gasteiger partial charge < -0.3 is 10.1 Å². The Balaban J connectivity index is 2.05. The lowest BCUT2D eigenvalue weighted by Gasteiger charge is -2.22. The summed E-state index contributed by atoms with van der Waals surface area (Å²) in [6.45, 7) is 4.41.